The Hall–Kier alpha value is 0.920. The molecule has 0 heterocycles. The zero-order valence-electron chi connectivity index (χ0n) is 9.40. The summed E-state index contributed by atoms with van der Waals surface area (Å²) in [5, 5.41) is 0.323. The van der Waals surface area contributed by atoms with E-state index in [1.165, 1.54) is 11.4 Å². The lowest BCUT2D eigenvalue weighted by Gasteiger charge is -2.21. The molecule has 14 heavy (non-hydrogen) atoms. The first-order valence-corrected chi connectivity index (χ1v) is 9.22. The molecule has 0 aromatic rings. The summed E-state index contributed by atoms with van der Waals surface area (Å²) < 4.78 is 5.50. The van der Waals surface area contributed by atoms with Crippen LogP contribution in [0.4, 0.5) is 0 Å². The average molecular weight is 256 g/mol. The second kappa shape index (κ2) is 7.24. The predicted octanol–water partition coefficient (Wildman–Crippen LogP) is 3.94. The third-order valence-corrected chi connectivity index (χ3v) is 6.29. The van der Waals surface area contributed by atoms with Crippen molar-refractivity contribution in [1.29, 1.82) is 0 Å². The summed E-state index contributed by atoms with van der Waals surface area (Å²) in [6.07, 6.45) is 3.34. The second-order valence-electron chi connectivity index (χ2n) is 3.68. The van der Waals surface area contributed by atoms with Crippen LogP contribution in [0, 0.1) is 0 Å². The van der Waals surface area contributed by atoms with Gasteiger partial charge in [0, 0.05) is 5.25 Å². The molecule has 0 spiro atoms. The van der Waals surface area contributed by atoms with E-state index in [4.69, 9.17) is 16.3 Å². The Labute approximate surface area is 96.7 Å². The monoisotopic (exact) mass is 256 g/mol. The third-order valence-electron chi connectivity index (χ3n) is 1.62. The molecule has 0 amide bonds. The summed E-state index contributed by atoms with van der Waals surface area (Å²) in [5.74, 6) is 0. The zero-order valence-corrected chi connectivity index (χ0v) is 11.9. The molecule has 0 saturated heterocycles. The van der Waals surface area contributed by atoms with Crippen LogP contribution < -0.4 is 0 Å². The highest BCUT2D eigenvalue weighted by atomic mass is 32.9. The second-order valence-corrected chi connectivity index (χ2v) is 10.3. The molecule has 2 unspecified atom stereocenters. The van der Waals surface area contributed by atoms with Gasteiger partial charge in [0.25, 0.3) is 0 Å². The lowest BCUT2D eigenvalue weighted by Crippen LogP contribution is -2.05. The van der Waals surface area contributed by atoms with Gasteiger partial charge in [-0.2, -0.15) is 0 Å². The van der Waals surface area contributed by atoms with Crippen LogP contribution in [0.2, 0.25) is 0 Å². The van der Waals surface area contributed by atoms with E-state index in [1.807, 2.05) is 20.8 Å². The Bertz CT molecular complexity index is 197. The quantitative estimate of drug-likeness (QED) is 0.699. The number of hydrogen-bond donors (Lipinski definition) is 1. The van der Waals surface area contributed by atoms with Crippen molar-refractivity contribution in [2.75, 3.05) is 0 Å². The van der Waals surface area contributed by atoms with Crippen LogP contribution in [0.25, 0.3) is 0 Å². The van der Waals surface area contributed by atoms with Crippen molar-refractivity contribution in [3.8, 4) is 0 Å². The fourth-order valence-corrected chi connectivity index (χ4v) is 6.38. The van der Waals surface area contributed by atoms with Crippen LogP contribution in [0.1, 0.15) is 47.0 Å². The molecule has 0 aromatic carbocycles. The third kappa shape index (κ3) is 8.25. The molecular formula is C9H21O2PS2. The van der Waals surface area contributed by atoms with Gasteiger partial charge in [-0.25, -0.2) is 0 Å². The van der Waals surface area contributed by atoms with Crippen LogP contribution in [-0.2, 0) is 16.3 Å². The predicted molar refractivity (Wildman–Crippen MR) is 69.3 cm³/mol. The van der Waals surface area contributed by atoms with Gasteiger partial charge in [-0.1, -0.05) is 45.0 Å². The van der Waals surface area contributed by atoms with Crippen molar-refractivity contribution in [2.45, 2.75) is 58.3 Å². The van der Waals surface area contributed by atoms with Crippen molar-refractivity contribution in [3.05, 3.63) is 0 Å². The SMILES string of the molecule is CCCCC(C)OP(O)(=S)SC(C)C. The van der Waals surface area contributed by atoms with Crippen LogP contribution in [0.15, 0.2) is 0 Å². The summed E-state index contributed by atoms with van der Waals surface area (Å²) >= 11 is 6.43. The normalized spacial score (nSPS) is 18.1. The van der Waals surface area contributed by atoms with Gasteiger partial charge in [-0.15, -0.1) is 0 Å². The lowest BCUT2D eigenvalue weighted by molar-refractivity contribution is 0.214. The van der Waals surface area contributed by atoms with Crippen LogP contribution in [-0.4, -0.2) is 16.2 Å². The molecule has 5 heteroatoms. The summed E-state index contributed by atoms with van der Waals surface area (Å²) in [7, 11) is 0. The van der Waals surface area contributed by atoms with Crippen LogP contribution in [0.3, 0.4) is 0 Å². The molecule has 0 radical (unpaired) electrons. The molecule has 0 aromatic heterocycles. The van der Waals surface area contributed by atoms with Gasteiger partial charge in [0.1, 0.15) is 0 Å². The Kier molecular flexibility index (Phi) is 7.71. The molecular weight excluding hydrogens is 235 g/mol. The molecule has 2 nitrogen and oxygen atoms in total. The topological polar surface area (TPSA) is 29.5 Å². The minimum atomic E-state index is -2.59. The standard InChI is InChI=1S/C9H21O2PS2/c1-5-6-7-9(4)11-12(10,13)14-8(2)3/h8-9H,5-7H2,1-4H3,(H,10,13). The maximum Gasteiger partial charge on any atom is 0.245 e. The summed E-state index contributed by atoms with van der Waals surface area (Å²) in [5.41, 5.74) is -2.59. The van der Waals surface area contributed by atoms with Crippen molar-refractivity contribution < 1.29 is 9.42 Å². The molecule has 1 N–H and O–H groups in total. The van der Waals surface area contributed by atoms with Crippen molar-refractivity contribution in [1.82, 2.24) is 0 Å². The van der Waals surface area contributed by atoms with Gasteiger partial charge < -0.3 is 9.42 Å². The van der Waals surface area contributed by atoms with Crippen molar-refractivity contribution >= 4 is 28.9 Å². The number of unbranched alkanes of at least 4 members (excludes halogenated alkanes) is 1. The Morgan fingerprint density at radius 3 is 2.43 bits per heavy atom. The molecule has 0 aliphatic rings. The number of hydrogen-bond acceptors (Lipinski definition) is 3. The fourth-order valence-electron chi connectivity index (χ4n) is 1.06. The largest absolute Gasteiger partial charge is 0.337 e. The van der Waals surface area contributed by atoms with E-state index < -0.39 is 5.69 Å². The van der Waals surface area contributed by atoms with Crippen LogP contribution in [0.5, 0.6) is 0 Å². The van der Waals surface area contributed by atoms with Gasteiger partial charge in [0.2, 0.25) is 5.69 Å². The fraction of sp³-hybridized carbons (Fsp3) is 1.00. The first kappa shape index (κ1) is 14.9. The van der Waals surface area contributed by atoms with Gasteiger partial charge in [0.05, 0.1) is 6.10 Å². The average Bonchev–Trinajstić information content (AvgIpc) is 1.96. The highest BCUT2D eigenvalue weighted by Gasteiger charge is 2.19. The summed E-state index contributed by atoms with van der Waals surface area (Å²) in [4.78, 5) is 9.82. The van der Waals surface area contributed by atoms with Gasteiger partial charge >= 0.3 is 0 Å². The van der Waals surface area contributed by atoms with Crippen LogP contribution >= 0.6 is 17.1 Å². The molecule has 0 rings (SSSR count). The first-order chi connectivity index (χ1) is 6.37. The molecule has 0 fully saturated rings. The Morgan fingerprint density at radius 2 is 2.00 bits per heavy atom. The van der Waals surface area contributed by atoms with Gasteiger partial charge in [-0.05, 0) is 25.2 Å². The van der Waals surface area contributed by atoms with Gasteiger partial charge in [-0.3, -0.25) is 0 Å². The minimum Gasteiger partial charge on any atom is -0.337 e. The van der Waals surface area contributed by atoms with E-state index in [9.17, 15) is 4.89 Å². The van der Waals surface area contributed by atoms with Crippen molar-refractivity contribution in [3.63, 3.8) is 0 Å². The van der Waals surface area contributed by atoms with E-state index in [2.05, 4.69) is 6.92 Å². The zero-order chi connectivity index (χ0) is 11.2. The molecule has 0 aliphatic heterocycles. The smallest absolute Gasteiger partial charge is 0.245 e. The maximum absolute atomic E-state index is 9.82. The van der Waals surface area contributed by atoms with Gasteiger partial charge in [0.15, 0.2) is 0 Å². The van der Waals surface area contributed by atoms with Crippen molar-refractivity contribution in [2.24, 2.45) is 0 Å². The van der Waals surface area contributed by atoms with E-state index in [0.717, 1.165) is 19.3 Å². The molecule has 2 atom stereocenters. The van der Waals surface area contributed by atoms with E-state index in [1.54, 1.807) is 0 Å². The Balaban J connectivity index is 3.89. The first-order valence-electron chi connectivity index (χ1n) is 5.07. The Morgan fingerprint density at radius 1 is 1.43 bits per heavy atom. The summed E-state index contributed by atoms with van der Waals surface area (Å²) in [6.45, 7) is 8.16. The van der Waals surface area contributed by atoms with E-state index in [0.29, 0.717) is 5.25 Å². The lowest BCUT2D eigenvalue weighted by atomic mass is 10.2. The minimum absolute atomic E-state index is 0.0806. The highest BCUT2D eigenvalue weighted by Crippen LogP contribution is 2.58. The van der Waals surface area contributed by atoms with E-state index in [-0.39, 0.29) is 6.10 Å². The molecule has 0 bridgehead atoms. The summed E-state index contributed by atoms with van der Waals surface area (Å²) in [6, 6.07) is 0. The highest BCUT2D eigenvalue weighted by molar-refractivity contribution is 8.67. The molecule has 0 saturated carbocycles. The maximum atomic E-state index is 9.82. The van der Waals surface area contributed by atoms with E-state index >= 15 is 0 Å². The number of rotatable bonds is 7. The molecule has 0 aliphatic carbocycles. The molecule has 86 valence electrons.